The SMILES string of the molecule is CC(C)=CCC/C(C)=C/C=C/C(C)=C/C1(C)CCc2c(C)c(OCC(=O)O)c(C)c(C)c2O1. The van der Waals surface area contributed by atoms with E-state index in [0.717, 1.165) is 53.7 Å². The molecule has 0 bridgehead atoms. The number of hydrogen-bond acceptors (Lipinski definition) is 3. The van der Waals surface area contributed by atoms with Crippen LogP contribution in [0.3, 0.4) is 0 Å². The third-order valence-electron chi connectivity index (χ3n) is 6.22. The Labute approximate surface area is 199 Å². The molecule has 33 heavy (non-hydrogen) atoms. The average Bonchev–Trinajstić information content (AvgIpc) is 2.71. The topological polar surface area (TPSA) is 55.8 Å². The molecule has 1 aliphatic rings. The van der Waals surface area contributed by atoms with Crippen LogP contribution >= 0.6 is 0 Å². The van der Waals surface area contributed by atoms with Gasteiger partial charge in [-0.1, -0.05) is 41.0 Å². The number of benzene rings is 1. The molecule has 0 fully saturated rings. The van der Waals surface area contributed by atoms with Crippen LogP contribution < -0.4 is 9.47 Å². The normalized spacial score (nSPS) is 18.7. The van der Waals surface area contributed by atoms with Crippen molar-refractivity contribution in [3.63, 3.8) is 0 Å². The maximum atomic E-state index is 11.0. The Morgan fingerprint density at radius 3 is 2.45 bits per heavy atom. The van der Waals surface area contributed by atoms with Crippen molar-refractivity contribution in [2.75, 3.05) is 6.61 Å². The lowest BCUT2D eigenvalue weighted by Gasteiger charge is -2.36. The van der Waals surface area contributed by atoms with Crippen LogP contribution in [-0.4, -0.2) is 23.3 Å². The van der Waals surface area contributed by atoms with Crippen molar-refractivity contribution in [1.29, 1.82) is 0 Å². The van der Waals surface area contributed by atoms with Crippen LogP contribution in [0.1, 0.15) is 76.1 Å². The highest BCUT2D eigenvalue weighted by molar-refractivity contribution is 5.69. The first kappa shape index (κ1) is 26.5. The largest absolute Gasteiger partial charge is 0.483 e. The van der Waals surface area contributed by atoms with E-state index in [4.69, 9.17) is 14.6 Å². The second-order valence-electron chi connectivity index (χ2n) is 9.69. The van der Waals surface area contributed by atoms with E-state index in [1.807, 2.05) is 20.8 Å². The summed E-state index contributed by atoms with van der Waals surface area (Å²) in [6.07, 6.45) is 14.8. The molecule has 1 heterocycles. The smallest absolute Gasteiger partial charge is 0.341 e. The van der Waals surface area contributed by atoms with Crippen molar-refractivity contribution < 1.29 is 19.4 Å². The highest BCUT2D eigenvalue weighted by atomic mass is 16.5. The highest BCUT2D eigenvalue weighted by Crippen LogP contribution is 2.44. The molecule has 1 atom stereocenters. The maximum Gasteiger partial charge on any atom is 0.341 e. The Kier molecular flexibility index (Phi) is 9.16. The minimum absolute atomic E-state index is 0.338. The number of carbonyl (C=O) groups is 1. The number of hydrogen-bond donors (Lipinski definition) is 1. The third kappa shape index (κ3) is 7.38. The zero-order chi connectivity index (χ0) is 24.8. The molecular formula is C29H40O4. The van der Waals surface area contributed by atoms with Gasteiger partial charge in [0.1, 0.15) is 17.1 Å². The van der Waals surface area contributed by atoms with E-state index in [2.05, 4.69) is 65.0 Å². The van der Waals surface area contributed by atoms with Gasteiger partial charge in [0.2, 0.25) is 0 Å². The van der Waals surface area contributed by atoms with Gasteiger partial charge < -0.3 is 14.6 Å². The summed E-state index contributed by atoms with van der Waals surface area (Å²) in [4.78, 5) is 11.0. The van der Waals surface area contributed by atoms with Crippen LogP contribution in [0, 0.1) is 20.8 Å². The Bertz CT molecular complexity index is 1000. The second-order valence-corrected chi connectivity index (χ2v) is 9.69. The lowest BCUT2D eigenvalue weighted by Crippen LogP contribution is -2.35. The predicted molar refractivity (Wildman–Crippen MR) is 136 cm³/mol. The minimum Gasteiger partial charge on any atom is -0.483 e. The molecular weight excluding hydrogens is 412 g/mol. The van der Waals surface area contributed by atoms with Crippen molar-refractivity contribution in [3.8, 4) is 11.5 Å². The number of allylic oxidation sites excluding steroid dienone is 7. The molecule has 1 aliphatic heterocycles. The fourth-order valence-electron chi connectivity index (χ4n) is 4.27. The van der Waals surface area contributed by atoms with Gasteiger partial charge in [-0.15, -0.1) is 0 Å². The van der Waals surface area contributed by atoms with Gasteiger partial charge >= 0.3 is 5.97 Å². The lowest BCUT2D eigenvalue weighted by molar-refractivity contribution is -0.139. The zero-order valence-corrected chi connectivity index (χ0v) is 21.6. The summed E-state index contributed by atoms with van der Waals surface area (Å²) in [6, 6.07) is 0. The molecule has 0 amide bonds. The van der Waals surface area contributed by atoms with Crippen molar-refractivity contribution >= 4 is 5.97 Å². The molecule has 0 radical (unpaired) electrons. The zero-order valence-electron chi connectivity index (χ0n) is 21.6. The predicted octanol–water partition coefficient (Wildman–Crippen LogP) is 7.35. The molecule has 0 spiro atoms. The van der Waals surface area contributed by atoms with Gasteiger partial charge in [0.15, 0.2) is 6.61 Å². The fourth-order valence-corrected chi connectivity index (χ4v) is 4.27. The van der Waals surface area contributed by atoms with Crippen molar-refractivity contribution in [1.82, 2.24) is 0 Å². The van der Waals surface area contributed by atoms with Gasteiger partial charge in [0.25, 0.3) is 0 Å². The second kappa shape index (κ2) is 11.4. The van der Waals surface area contributed by atoms with Crippen LogP contribution in [0.2, 0.25) is 0 Å². The molecule has 4 nitrogen and oxygen atoms in total. The van der Waals surface area contributed by atoms with E-state index in [1.54, 1.807) is 0 Å². The fraction of sp³-hybridized carbons (Fsp3) is 0.483. The van der Waals surface area contributed by atoms with Crippen LogP contribution in [0.4, 0.5) is 0 Å². The van der Waals surface area contributed by atoms with Crippen molar-refractivity contribution in [2.45, 2.75) is 86.7 Å². The Balaban J connectivity index is 2.18. The van der Waals surface area contributed by atoms with Gasteiger partial charge in [0, 0.05) is 5.56 Å². The number of ether oxygens (including phenoxy) is 2. The van der Waals surface area contributed by atoms with E-state index in [-0.39, 0.29) is 6.61 Å². The highest BCUT2D eigenvalue weighted by Gasteiger charge is 2.33. The van der Waals surface area contributed by atoms with Crippen LogP contribution in [-0.2, 0) is 11.2 Å². The third-order valence-corrected chi connectivity index (χ3v) is 6.22. The van der Waals surface area contributed by atoms with Gasteiger partial charge in [-0.2, -0.15) is 0 Å². The van der Waals surface area contributed by atoms with E-state index in [1.165, 1.54) is 16.7 Å². The first-order valence-corrected chi connectivity index (χ1v) is 11.8. The lowest BCUT2D eigenvalue weighted by atomic mass is 9.86. The Morgan fingerprint density at radius 1 is 1.12 bits per heavy atom. The first-order valence-electron chi connectivity index (χ1n) is 11.8. The summed E-state index contributed by atoms with van der Waals surface area (Å²) >= 11 is 0. The number of aliphatic carboxylic acids is 1. The van der Waals surface area contributed by atoms with Gasteiger partial charge in [-0.3, -0.25) is 0 Å². The molecule has 0 saturated heterocycles. The molecule has 2 rings (SSSR count). The van der Waals surface area contributed by atoms with E-state index in [0.29, 0.717) is 5.75 Å². The van der Waals surface area contributed by atoms with Crippen molar-refractivity contribution in [2.24, 2.45) is 0 Å². The molecule has 0 aliphatic carbocycles. The summed E-state index contributed by atoms with van der Waals surface area (Å²) in [6.45, 7) is 16.3. The number of carboxylic acids is 1. The molecule has 1 aromatic rings. The van der Waals surface area contributed by atoms with E-state index < -0.39 is 11.6 Å². The monoisotopic (exact) mass is 452 g/mol. The Morgan fingerprint density at radius 2 is 1.82 bits per heavy atom. The molecule has 0 saturated carbocycles. The number of rotatable bonds is 9. The molecule has 1 N–H and O–H groups in total. The van der Waals surface area contributed by atoms with Gasteiger partial charge in [-0.25, -0.2) is 4.79 Å². The molecule has 1 unspecified atom stereocenters. The number of carboxylic acid groups (broad SMARTS) is 1. The molecule has 0 aromatic heterocycles. The van der Waals surface area contributed by atoms with Crippen LogP contribution in [0.15, 0.2) is 47.1 Å². The van der Waals surface area contributed by atoms with E-state index >= 15 is 0 Å². The average molecular weight is 453 g/mol. The summed E-state index contributed by atoms with van der Waals surface area (Å²) in [5, 5.41) is 9.00. The molecule has 180 valence electrons. The van der Waals surface area contributed by atoms with E-state index in [9.17, 15) is 4.79 Å². The molecule has 4 heteroatoms. The van der Waals surface area contributed by atoms with Crippen LogP contribution in [0.25, 0.3) is 0 Å². The number of fused-ring (bicyclic) bond motifs is 1. The maximum absolute atomic E-state index is 11.0. The summed E-state index contributed by atoms with van der Waals surface area (Å²) in [5.41, 5.74) is 7.55. The summed E-state index contributed by atoms with van der Waals surface area (Å²) in [7, 11) is 0. The van der Waals surface area contributed by atoms with Crippen molar-refractivity contribution in [3.05, 3.63) is 69.4 Å². The van der Waals surface area contributed by atoms with Gasteiger partial charge in [-0.05, 0) is 104 Å². The summed E-state index contributed by atoms with van der Waals surface area (Å²) in [5.74, 6) is 0.603. The first-order chi connectivity index (χ1) is 15.4. The standard InChI is InChI=1S/C29H40O4/c1-19(2)11-9-12-20(3)13-10-14-21(4)17-29(8)16-15-25-24(7)27(32-18-26(30)31)22(5)23(6)28(25)33-29/h10-11,13-14,17H,9,12,15-16,18H2,1-8H3,(H,30,31)/b14-10+,20-13+,21-17+. The van der Waals surface area contributed by atoms with Crippen LogP contribution in [0.5, 0.6) is 11.5 Å². The summed E-state index contributed by atoms with van der Waals surface area (Å²) < 4.78 is 12.2. The minimum atomic E-state index is -0.973. The van der Waals surface area contributed by atoms with Gasteiger partial charge in [0.05, 0.1) is 0 Å². The Hall–Kier alpha value is -2.75. The molecule has 1 aromatic carbocycles. The quantitative estimate of drug-likeness (QED) is 0.314.